The van der Waals surface area contributed by atoms with E-state index in [1.165, 1.54) is 55.6 Å². The summed E-state index contributed by atoms with van der Waals surface area (Å²) in [5, 5.41) is -0.278. The first-order valence-electron chi connectivity index (χ1n) is 14.0. The van der Waals surface area contributed by atoms with E-state index in [2.05, 4.69) is 54.2 Å². The second-order valence-electron chi connectivity index (χ2n) is 9.19. The van der Waals surface area contributed by atoms with E-state index in [1.807, 2.05) is 6.92 Å². The molecule has 0 saturated carbocycles. The smallest absolute Gasteiger partial charge is 0.223 e. The van der Waals surface area contributed by atoms with Crippen molar-refractivity contribution in [1.29, 1.82) is 0 Å². The molecule has 0 saturated heterocycles. The molecule has 0 aliphatic carbocycles. The molecule has 0 fully saturated rings. The first-order chi connectivity index (χ1) is 19.0. The van der Waals surface area contributed by atoms with Crippen LogP contribution in [0, 0.1) is 11.6 Å². The molecule has 2 aromatic heterocycles. The molecule has 0 aliphatic rings. The maximum absolute atomic E-state index is 13.1. The molecule has 0 N–H and O–H groups in total. The van der Waals surface area contributed by atoms with Crippen LogP contribution < -0.4 is 0 Å². The van der Waals surface area contributed by atoms with E-state index < -0.39 is 36.1 Å². The van der Waals surface area contributed by atoms with Crippen LogP contribution in [-0.4, -0.2) is 51.5 Å². The van der Waals surface area contributed by atoms with Gasteiger partial charge in [0.1, 0.15) is 5.69 Å². The minimum atomic E-state index is -2.24. The topological polar surface area (TPSA) is 70.0 Å². The zero-order valence-electron chi connectivity index (χ0n) is 24.7. The molecule has 0 spiro atoms. The summed E-state index contributed by atoms with van der Waals surface area (Å²) in [7, 11) is 0. The van der Waals surface area contributed by atoms with E-state index in [1.54, 1.807) is 6.92 Å². The van der Waals surface area contributed by atoms with E-state index in [9.17, 15) is 8.78 Å². The number of hydrogen-bond acceptors (Lipinski definition) is 6. The van der Waals surface area contributed by atoms with E-state index in [0.717, 1.165) is 19.0 Å². The molecule has 0 radical (unpaired) electrons. The first kappa shape index (κ1) is 39.2. The Bertz CT molecular complexity index is 971. The first-order valence-corrected chi connectivity index (χ1v) is 22.6. The van der Waals surface area contributed by atoms with Crippen LogP contribution in [0.5, 0.6) is 0 Å². The van der Waals surface area contributed by atoms with Crippen molar-refractivity contribution in [2.24, 2.45) is 0 Å². The number of rotatable bonds is 15. The summed E-state index contributed by atoms with van der Waals surface area (Å²) < 4.78 is 42.0. The third-order valence-corrected chi connectivity index (χ3v) is 21.8. The molecule has 228 valence electrons. The molecule has 6 nitrogen and oxygen atoms in total. The van der Waals surface area contributed by atoms with E-state index in [0.29, 0.717) is 6.61 Å². The molecule has 12 heteroatoms. The molecule has 1 unspecified atom stereocenters. The molecule has 0 bridgehead atoms. The second-order valence-corrected chi connectivity index (χ2v) is 23.4. The van der Waals surface area contributed by atoms with Gasteiger partial charge in [-0.3, -0.25) is 0 Å². The van der Waals surface area contributed by atoms with Crippen LogP contribution in [0.1, 0.15) is 91.9 Å². The third kappa shape index (κ3) is 15.4. The fourth-order valence-corrected chi connectivity index (χ4v) is 19.0. The van der Waals surface area contributed by atoms with Gasteiger partial charge in [-0.05, 0) is 37.0 Å². The Labute approximate surface area is 258 Å². The van der Waals surface area contributed by atoms with Crippen molar-refractivity contribution in [3.8, 4) is 0 Å². The Balaban J connectivity index is 0.000000602. The van der Waals surface area contributed by atoms with Crippen molar-refractivity contribution in [2.45, 2.75) is 99.5 Å². The van der Waals surface area contributed by atoms with Crippen molar-refractivity contribution >= 4 is 53.2 Å². The monoisotopic (exact) mass is 732 g/mol. The minimum Gasteiger partial charge on any atom is -0.372 e. The fourth-order valence-electron chi connectivity index (χ4n) is 3.96. The molecule has 0 aromatic carbocycles. The quantitative estimate of drug-likeness (QED) is 0.0786. The van der Waals surface area contributed by atoms with Crippen molar-refractivity contribution in [2.75, 3.05) is 13.2 Å². The number of nitrogens with zero attached hydrogens (tertiary/aromatic N) is 4. The number of hydrogen-bond donors (Lipinski definition) is 0. The summed E-state index contributed by atoms with van der Waals surface area (Å²) in [4.78, 5) is 13.9. The van der Waals surface area contributed by atoms with Crippen molar-refractivity contribution in [3.05, 3.63) is 55.8 Å². The molecular formula is C28H45Cl3F2N4O2Sn. The third-order valence-electron chi connectivity index (χ3n) is 6.15. The Morgan fingerprint density at radius 3 is 1.70 bits per heavy atom. The van der Waals surface area contributed by atoms with Gasteiger partial charge in [-0.15, -0.1) is 0 Å². The Morgan fingerprint density at radius 1 is 0.825 bits per heavy atom. The minimum absolute atomic E-state index is 0.0305. The summed E-state index contributed by atoms with van der Waals surface area (Å²) in [6.07, 6.45) is 9.66. The molecule has 2 rings (SSSR count). The van der Waals surface area contributed by atoms with Gasteiger partial charge in [0, 0.05) is 6.61 Å². The van der Waals surface area contributed by atoms with E-state index in [-0.39, 0.29) is 21.4 Å². The van der Waals surface area contributed by atoms with E-state index >= 15 is 0 Å². The van der Waals surface area contributed by atoms with Crippen LogP contribution in [-0.2, 0) is 9.47 Å². The summed E-state index contributed by atoms with van der Waals surface area (Å²) >= 11 is 13.7. The van der Waals surface area contributed by atoms with Crippen LogP contribution in [0.25, 0.3) is 0 Å². The summed E-state index contributed by atoms with van der Waals surface area (Å²) in [5.74, 6) is -1.16. The average Bonchev–Trinajstić information content (AvgIpc) is 2.93. The van der Waals surface area contributed by atoms with Crippen molar-refractivity contribution in [1.82, 2.24) is 19.9 Å². The Morgan fingerprint density at radius 2 is 1.30 bits per heavy atom. The SMILES string of the molecule is C=[C](OCC)[Sn]([CH2]CCC)([CH2]CCC)[CH2]CCC.CCOC(C)c1nc(Cl)ncc1F.Fc1cnc(Cl)nc1Cl. The zero-order chi connectivity index (χ0) is 30.6. The number of ether oxygens (including phenoxy) is 2. The number of unbranched alkanes of at least 4 members (excludes halogenated alkanes) is 3. The van der Waals surface area contributed by atoms with Gasteiger partial charge in [-0.25, -0.2) is 28.7 Å². The second kappa shape index (κ2) is 22.7. The standard InChI is InChI=1S/C8H10ClFN2O.C4HCl2FN2.C4H7O.3C4H9.Sn/c1-3-13-5(2)7-6(10)4-11-8(9)12-7;5-3-2(7)1-8-4(6)9-3;1-3-5-4-2;3*1-3-4-2;/h4-5H,3H2,1-2H3;1H;1,4H2,2H3;3*1,3-4H2,2H3;. The predicted octanol–water partition coefficient (Wildman–Crippen LogP) is 10.2. The van der Waals surface area contributed by atoms with Gasteiger partial charge in [-0.1, -0.05) is 11.6 Å². The zero-order valence-corrected chi connectivity index (χ0v) is 29.8. The Kier molecular flexibility index (Phi) is 22.3. The number of aromatic nitrogens is 4. The summed E-state index contributed by atoms with van der Waals surface area (Å²) in [5.41, 5.74) is 0.196. The van der Waals surface area contributed by atoms with Crippen LogP contribution in [0.4, 0.5) is 8.78 Å². The molecule has 40 heavy (non-hydrogen) atoms. The van der Waals surface area contributed by atoms with Gasteiger partial charge in [0.25, 0.3) is 0 Å². The van der Waals surface area contributed by atoms with Crippen LogP contribution in [0.2, 0.25) is 29.0 Å². The van der Waals surface area contributed by atoms with Gasteiger partial charge in [0.2, 0.25) is 10.6 Å². The molecule has 2 aromatic rings. The maximum Gasteiger partial charge on any atom is 0.223 e. The largest absolute Gasteiger partial charge is 0.372 e. The predicted molar refractivity (Wildman–Crippen MR) is 165 cm³/mol. The molecule has 2 heterocycles. The van der Waals surface area contributed by atoms with Gasteiger partial charge in [-0.2, -0.15) is 0 Å². The number of halogens is 5. The summed E-state index contributed by atoms with van der Waals surface area (Å²) in [6, 6.07) is 0. The summed E-state index contributed by atoms with van der Waals surface area (Å²) in [6.45, 7) is 18.2. The van der Waals surface area contributed by atoms with Gasteiger partial charge < -0.3 is 4.74 Å². The van der Waals surface area contributed by atoms with Crippen LogP contribution in [0.3, 0.4) is 0 Å². The molecule has 1 atom stereocenters. The van der Waals surface area contributed by atoms with Gasteiger partial charge in [0.05, 0.1) is 18.5 Å². The normalized spacial score (nSPS) is 11.6. The van der Waals surface area contributed by atoms with E-state index in [4.69, 9.17) is 44.3 Å². The Hall–Kier alpha value is -0.811. The average molecular weight is 733 g/mol. The van der Waals surface area contributed by atoms with Crippen molar-refractivity contribution in [3.63, 3.8) is 0 Å². The van der Waals surface area contributed by atoms with Crippen LogP contribution >= 0.6 is 34.8 Å². The fraction of sp³-hybridized carbons (Fsp3) is 0.643. The van der Waals surface area contributed by atoms with Crippen molar-refractivity contribution < 1.29 is 18.3 Å². The van der Waals surface area contributed by atoms with Gasteiger partial charge in [0.15, 0.2) is 16.8 Å². The van der Waals surface area contributed by atoms with Gasteiger partial charge >= 0.3 is 120 Å². The molecular weight excluding hydrogens is 687 g/mol. The molecule has 0 aliphatic heterocycles. The maximum atomic E-state index is 13.1. The van der Waals surface area contributed by atoms with Crippen LogP contribution in [0.15, 0.2) is 22.7 Å². The molecule has 0 amide bonds.